The lowest BCUT2D eigenvalue weighted by Crippen LogP contribution is -1.97. The summed E-state index contributed by atoms with van der Waals surface area (Å²) < 4.78 is 5.52. The number of nitrogens with zero attached hydrogens (tertiary/aromatic N) is 2. The third-order valence-electron chi connectivity index (χ3n) is 2.65. The molecule has 0 aromatic rings. The van der Waals surface area contributed by atoms with Crippen LogP contribution in [-0.4, -0.2) is 13.2 Å². The molecule has 0 N–H and O–H groups in total. The maximum Gasteiger partial charge on any atom is 0.0621 e. The number of ether oxygens (including phenoxy) is 1. The van der Waals surface area contributed by atoms with Crippen LogP contribution in [0, 0.1) is 22.7 Å². The number of hydrogen-bond donors (Lipinski definition) is 0. The molecule has 0 aliphatic heterocycles. The Labute approximate surface area is 105 Å². The first-order valence-corrected chi connectivity index (χ1v) is 6.73. The van der Waals surface area contributed by atoms with Gasteiger partial charge in [-0.3, -0.25) is 0 Å². The normalized spacial score (nSPS) is 9.76. The van der Waals surface area contributed by atoms with Gasteiger partial charge in [-0.05, 0) is 25.7 Å². The zero-order valence-electron chi connectivity index (χ0n) is 10.8. The fourth-order valence-corrected chi connectivity index (χ4v) is 1.63. The summed E-state index contributed by atoms with van der Waals surface area (Å²) in [7, 11) is 0. The smallest absolute Gasteiger partial charge is 0.0621 e. The van der Waals surface area contributed by atoms with Crippen molar-refractivity contribution in [1.29, 1.82) is 10.5 Å². The second-order valence-electron chi connectivity index (χ2n) is 4.26. The number of hydrogen-bond acceptors (Lipinski definition) is 3. The van der Waals surface area contributed by atoms with E-state index in [4.69, 9.17) is 15.3 Å². The fraction of sp³-hybridized carbons (Fsp3) is 0.857. The first kappa shape index (κ1) is 15.9. The van der Waals surface area contributed by atoms with Crippen LogP contribution in [0.2, 0.25) is 0 Å². The maximum absolute atomic E-state index is 8.35. The summed E-state index contributed by atoms with van der Waals surface area (Å²) >= 11 is 0. The van der Waals surface area contributed by atoms with Gasteiger partial charge in [0.05, 0.1) is 12.1 Å². The average molecular weight is 236 g/mol. The largest absolute Gasteiger partial charge is 0.381 e. The summed E-state index contributed by atoms with van der Waals surface area (Å²) in [4.78, 5) is 0. The molecule has 0 saturated carbocycles. The molecule has 0 heterocycles. The van der Waals surface area contributed by atoms with Gasteiger partial charge < -0.3 is 4.74 Å². The molecule has 0 bridgehead atoms. The second kappa shape index (κ2) is 14.9. The molecule has 0 atom stereocenters. The van der Waals surface area contributed by atoms with E-state index in [1.807, 2.05) is 0 Å². The minimum atomic E-state index is 0.684. The summed E-state index contributed by atoms with van der Waals surface area (Å²) in [5, 5.41) is 16.7. The summed E-state index contributed by atoms with van der Waals surface area (Å²) in [5.74, 6) is 0. The van der Waals surface area contributed by atoms with E-state index in [1.165, 1.54) is 12.8 Å². The van der Waals surface area contributed by atoms with Crippen LogP contribution in [0.1, 0.15) is 64.2 Å². The lowest BCUT2D eigenvalue weighted by Gasteiger charge is -2.03. The van der Waals surface area contributed by atoms with Gasteiger partial charge in [-0.25, -0.2) is 0 Å². The average Bonchev–Trinajstić information content (AvgIpc) is 2.35. The topological polar surface area (TPSA) is 56.8 Å². The third kappa shape index (κ3) is 14.9. The Balaban J connectivity index is 2.90. The van der Waals surface area contributed by atoms with Crippen molar-refractivity contribution in [1.82, 2.24) is 0 Å². The molecule has 0 fully saturated rings. The Morgan fingerprint density at radius 1 is 0.588 bits per heavy atom. The molecular weight excluding hydrogens is 212 g/mol. The highest BCUT2D eigenvalue weighted by molar-refractivity contribution is 4.68. The highest BCUT2D eigenvalue weighted by Gasteiger charge is 1.92. The van der Waals surface area contributed by atoms with E-state index in [0.29, 0.717) is 12.8 Å². The highest BCUT2D eigenvalue weighted by Crippen LogP contribution is 2.04. The Morgan fingerprint density at radius 2 is 1.00 bits per heavy atom. The van der Waals surface area contributed by atoms with E-state index in [-0.39, 0.29) is 0 Å². The molecular formula is C14H24N2O. The van der Waals surface area contributed by atoms with Gasteiger partial charge in [0.1, 0.15) is 0 Å². The van der Waals surface area contributed by atoms with Crippen molar-refractivity contribution in [3.8, 4) is 12.1 Å². The van der Waals surface area contributed by atoms with Crippen LogP contribution in [0.25, 0.3) is 0 Å². The fourth-order valence-electron chi connectivity index (χ4n) is 1.63. The molecule has 0 aromatic carbocycles. The molecule has 17 heavy (non-hydrogen) atoms. The molecule has 0 aliphatic rings. The van der Waals surface area contributed by atoms with Crippen molar-refractivity contribution in [2.45, 2.75) is 64.2 Å². The zero-order chi connectivity index (χ0) is 12.6. The molecule has 0 spiro atoms. The van der Waals surface area contributed by atoms with Gasteiger partial charge in [-0.15, -0.1) is 0 Å². The van der Waals surface area contributed by atoms with Gasteiger partial charge in [0.25, 0.3) is 0 Å². The number of rotatable bonds is 12. The van der Waals surface area contributed by atoms with Gasteiger partial charge >= 0.3 is 0 Å². The van der Waals surface area contributed by atoms with E-state index in [9.17, 15) is 0 Å². The minimum absolute atomic E-state index is 0.684. The van der Waals surface area contributed by atoms with Gasteiger partial charge in [0.15, 0.2) is 0 Å². The standard InChI is InChI=1S/C14H24N2O/c15-11-7-3-1-5-9-13-17-14-10-6-2-4-8-12-16/h1-10,13-14H2. The summed E-state index contributed by atoms with van der Waals surface area (Å²) in [5.41, 5.74) is 0. The quantitative estimate of drug-likeness (QED) is 0.482. The van der Waals surface area contributed by atoms with E-state index in [2.05, 4.69) is 12.1 Å². The van der Waals surface area contributed by atoms with Crippen molar-refractivity contribution in [3.63, 3.8) is 0 Å². The molecule has 0 saturated heterocycles. The van der Waals surface area contributed by atoms with Gasteiger partial charge in [-0.2, -0.15) is 10.5 Å². The molecule has 3 heteroatoms. The van der Waals surface area contributed by atoms with Crippen LogP contribution >= 0.6 is 0 Å². The van der Waals surface area contributed by atoms with Crippen molar-refractivity contribution < 1.29 is 4.74 Å². The maximum atomic E-state index is 8.35. The summed E-state index contributed by atoms with van der Waals surface area (Å²) in [6.07, 6.45) is 10.3. The number of unbranched alkanes of at least 4 members (excludes halogenated alkanes) is 8. The third-order valence-corrected chi connectivity index (χ3v) is 2.65. The zero-order valence-corrected chi connectivity index (χ0v) is 10.8. The molecule has 0 amide bonds. The van der Waals surface area contributed by atoms with Crippen LogP contribution < -0.4 is 0 Å². The van der Waals surface area contributed by atoms with Crippen LogP contribution in [-0.2, 0) is 4.74 Å². The van der Waals surface area contributed by atoms with E-state index >= 15 is 0 Å². The first-order valence-electron chi connectivity index (χ1n) is 6.73. The Hall–Kier alpha value is -1.06. The number of nitriles is 2. The molecule has 96 valence electrons. The predicted molar refractivity (Wildman–Crippen MR) is 68.2 cm³/mol. The Morgan fingerprint density at radius 3 is 1.41 bits per heavy atom. The molecule has 0 aliphatic carbocycles. The van der Waals surface area contributed by atoms with Crippen LogP contribution in [0.15, 0.2) is 0 Å². The van der Waals surface area contributed by atoms with Gasteiger partial charge in [-0.1, -0.05) is 25.7 Å². The van der Waals surface area contributed by atoms with Crippen molar-refractivity contribution >= 4 is 0 Å². The van der Waals surface area contributed by atoms with Crippen LogP contribution in [0.3, 0.4) is 0 Å². The van der Waals surface area contributed by atoms with Crippen LogP contribution in [0.5, 0.6) is 0 Å². The lowest BCUT2D eigenvalue weighted by atomic mass is 10.1. The Bertz CT molecular complexity index is 203. The monoisotopic (exact) mass is 236 g/mol. The van der Waals surface area contributed by atoms with Crippen LogP contribution in [0.4, 0.5) is 0 Å². The van der Waals surface area contributed by atoms with Gasteiger partial charge in [0.2, 0.25) is 0 Å². The van der Waals surface area contributed by atoms with E-state index in [0.717, 1.165) is 51.7 Å². The van der Waals surface area contributed by atoms with Crippen molar-refractivity contribution in [3.05, 3.63) is 0 Å². The molecule has 0 aromatic heterocycles. The molecule has 3 nitrogen and oxygen atoms in total. The van der Waals surface area contributed by atoms with E-state index in [1.54, 1.807) is 0 Å². The van der Waals surface area contributed by atoms with Crippen molar-refractivity contribution in [2.75, 3.05) is 13.2 Å². The summed E-state index contributed by atoms with van der Waals surface area (Å²) in [6, 6.07) is 4.31. The second-order valence-corrected chi connectivity index (χ2v) is 4.26. The SMILES string of the molecule is N#CCCCCCCOCCCCCCC#N. The van der Waals surface area contributed by atoms with E-state index < -0.39 is 0 Å². The van der Waals surface area contributed by atoms with Crippen molar-refractivity contribution in [2.24, 2.45) is 0 Å². The molecule has 0 unspecified atom stereocenters. The Kier molecular flexibility index (Phi) is 14.0. The first-order chi connectivity index (χ1) is 8.41. The predicted octanol–water partition coefficient (Wildman–Crippen LogP) is 3.95. The highest BCUT2D eigenvalue weighted by atomic mass is 16.5. The minimum Gasteiger partial charge on any atom is -0.381 e. The summed E-state index contributed by atoms with van der Waals surface area (Å²) in [6.45, 7) is 1.70. The molecule has 0 rings (SSSR count). The van der Waals surface area contributed by atoms with Gasteiger partial charge in [0, 0.05) is 26.1 Å². The lowest BCUT2D eigenvalue weighted by molar-refractivity contribution is 0.126. The molecule has 0 radical (unpaired) electrons.